The van der Waals surface area contributed by atoms with Gasteiger partial charge in [0.05, 0.1) is 28.1 Å². The van der Waals surface area contributed by atoms with Crippen molar-refractivity contribution in [3.8, 4) is 45.2 Å². The first kappa shape index (κ1) is 26.2. The summed E-state index contributed by atoms with van der Waals surface area (Å²) in [6, 6.07) is 52.6. The third kappa shape index (κ3) is 4.64. The Balaban J connectivity index is 1.09. The van der Waals surface area contributed by atoms with Crippen molar-refractivity contribution < 1.29 is 0 Å². The molecular formula is C42H26N4. The molecule has 0 aliphatic carbocycles. The maximum absolute atomic E-state index is 5.09. The predicted molar refractivity (Wildman–Crippen MR) is 189 cm³/mol. The summed E-state index contributed by atoms with van der Waals surface area (Å²) in [5.74, 6) is 0.695. The Kier molecular flexibility index (Phi) is 6.10. The van der Waals surface area contributed by atoms with Gasteiger partial charge in [0.1, 0.15) is 0 Å². The van der Waals surface area contributed by atoms with Crippen LogP contribution in [0.3, 0.4) is 0 Å². The van der Waals surface area contributed by atoms with Crippen molar-refractivity contribution in [2.45, 2.75) is 0 Å². The molecule has 3 aromatic heterocycles. The standard InChI is InChI=1S/C42H26N4/c1-3-8-27(9-4-1)40-26-41(28-10-5-2-6-11-28)46-42(45-40)30-15-13-29(14-16-30)37-20-19-34-23-36-32(25-39(34)44-37)18-17-31-24-38-33(22-35(31)36)12-7-21-43-38/h1-26H. The van der Waals surface area contributed by atoms with Crippen molar-refractivity contribution in [1.29, 1.82) is 0 Å². The van der Waals surface area contributed by atoms with Gasteiger partial charge in [0.25, 0.3) is 0 Å². The molecule has 0 N–H and O–H groups in total. The highest BCUT2D eigenvalue weighted by Gasteiger charge is 2.12. The number of nitrogens with zero attached hydrogens (tertiary/aromatic N) is 4. The molecule has 0 bridgehead atoms. The Hall–Kier alpha value is -6.26. The Bertz CT molecular complexity index is 2500. The van der Waals surface area contributed by atoms with Crippen molar-refractivity contribution in [2.24, 2.45) is 0 Å². The molecule has 4 heteroatoms. The van der Waals surface area contributed by atoms with Crippen LogP contribution in [-0.4, -0.2) is 19.9 Å². The minimum Gasteiger partial charge on any atom is -0.256 e. The van der Waals surface area contributed by atoms with Gasteiger partial charge in [0, 0.05) is 39.2 Å². The molecule has 214 valence electrons. The Morgan fingerprint density at radius 2 is 0.870 bits per heavy atom. The van der Waals surface area contributed by atoms with Crippen LogP contribution >= 0.6 is 0 Å². The molecule has 9 aromatic rings. The highest BCUT2D eigenvalue weighted by atomic mass is 14.9. The second kappa shape index (κ2) is 10.7. The van der Waals surface area contributed by atoms with Gasteiger partial charge in [-0.1, -0.05) is 109 Å². The molecule has 3 heterocycles. The molecule has 0 radical (unpaired) electrons. The van der Waals surface area contributed by atoms with E-state index in [9.17, 15) is 0 Å². The topological polar surface area (TPSA) is 51.6 Å². The van der Waals surface area contributed by atoms with Crippen LogP contribution in [0.1, 0.15) is 0 Å². The number of hydrogen-bond donors (Lipinski definition) is 0. The minimum absolute atomic E-state index is 0.695. The zero-order valence-corrected chi connectivity index (χ0v) is 24.8. The molecule has 0 saturated carbocycles. The lowest BCUT2D eigenvalue weighted by Crippen LogP contribution is -1.96. The molecule has 9 rings (SSSR count). The summed E-state index contributed by atoms with van der Waals surface area (Å²) < 4.78 is 0. The predicted octanol–water partition coefficient (Wildman–Crippen LogP) is 10.5. The van der Waals surface area contributed by atoms with Gasteiger partial charge < -0.3 is 0 Å². The zero-order chi connectivity index (χ0) is 30.5. The second-order valence-electron chi connectivity index (χ2n) is 11.6. The summed E-state index contributed by atoms with van der Waals surface area (Å²) >= 11 is 0. The average molecular weight is 587 g/mol. The van der Waals surface area contributed by atoms with Gasteiger partial charge >= 0.3 is 0 Å². The maximum atomic E-state index is 5.09. The molecule has 0 spiro atoms. The summed E-state index contributed by atoms with van der Waals surface area (Å²) in [6.07, 6.45) is 1.85. The molecule has 0 amide bonds. The normalized spacial score (nSPS) is 11.5. The molecule has 0 atom stereocenters. The fraction of sp³-hybridized carbons (Fsp3) is 0. The molecule has 6 aromatic carbocycles. The summed E-state index contributed by atoms with van der Waals surface area (Å²) in [5, 5.41) is 7.08. The first-order valence-corrected chi connectivity index (χ1v) is 15.4. The molecule has 0 aliphatic rings. The summed E-state index contributed by atoms with van der Waals surface area (Å²) in [7, 11) is 0. The van der Waals surface area contributed by atoms with Crippen LogP contribution in [0.25, 0.3) is 88.5 Å². The van der Waals surface area contributed by atoms with Gasteiger partial charge in [-0.25, -0.2) is 15.0 Å². The van der Waals surface area contributed by atoms with Crippen LogP contribution in [0.4, 0.5) is 0 Å². The van der Waals surface area contributed by atoms with E-state index in [4.69, 9.17) is 15.0 Å². The number of benzene rings is 6. The fourth-order valence-corrected chi connectivity index (χ4v) is 6.29. The fourth-order valence-electron chi connectivity index (χ4n) is 6.29. The van der Waals surface area contributed by atoms with E-state index in [-0.39, 0.29) is 0 Å². The first-order chi connectivity index (χ1) is 22.7. The quantitative estimate of drug-likeness (QED) is 0.152. The lowest BCUT2D eigenvalue weighted by molar-refractivity contribution is 1.18. The summed E-state index contributed by atoms with van der Waals surface area (Å²) in [6.45, 7) is 0. The van der Waals surface area contributed by atoms with Gasteiger partial charge in [0.15, 0.2) is 5.82 Å². The van der Waals surface area contributed by atoms with Gasteiger partial charge in [-0.2, -0.15) is 0 Å². The van der Waals surface area contributed by atoms with Crippen LogP contribution in [0.15, 0.2) is 158 Å². The zero-order valence-electron chi connectivity index (χ0n) is 24.8. The molecular weight excluding hydrogens is 560 g/mol. The average Bonchev–Trinajstić information content (AvgIpc) is 3.13. The molecule has 0 saturated heterocycles. The minimum atomic E-state index is 0.695. The van der Waals surface area contributed by atoms with Crippen molar-refractivity contribution in [1.82, 2.24) is 19.9 Å². The molecule has 0 unspecified atom stereocenters. The van der Waals surface area contributed by atoms with Gasteiger partial charge in [-0.15, -0.1) is 0 Å². The highest BCUT2D eigenvalue weighted by Crippen LogP contribution is 2.33. The second-order valence-corrected chi connectivity index (χ2v) is 11.6. The van der Waals surface area contributed by atoms with Gasteiger partial charge in [-0.05, 0) is 64.0 Å². The molecule has 0 fully saturated rings. The number of pyridine rings is 2. The van der Waals surface area contributed by atoms with Gasteiger partial charge in [-0.3, -0.25) is 4.98 Å². The molecule has 0 aliphatic heterocycles. The van der Waals surface area contributed by atoms with E-state index in [0.29, 0.717) is 5.82 Å². The first-order valence-electron chi connectivity index (χ1n) is 15.4. The largest absolute Gasteiger partial charge is 0.256 e. The summed E-state index contributed by atoms with van der Waals surface area (Å²) in [5.41, 5.74) is 8.84. The number of rotatable bonds is 4. The lowest BCUT2D eigenvalue weighted by atomic mass is 9.98. The number of fused-ring (bicyclic) bond motifs is 5. The van der Waals surface area contributed by atoms with E-state index < -0.39 is 0 Å². The van der Waals surface area contributed by atoms with Crippen LogP contribution in [-0.2, 0) is 0 Å². The van der Waals surface area contributed by atoms with Crippen LogP contribution < -0.4 is 0 Å². The van der Waals surface area contributed by atoms with Crippen molar-refractivity contribution in [3.63, 3.8) is 0 Å². The smallest absolute Gasteiger partial charge is 0.160 e. The Morgan fingerprint density at radius 1 is 0.326 bits per heavy atom. The van der Waals surface area contributed by atoms with Crippen molar-refractivity contribution in [2.75, 3.05) is 0 Å². The molecule has 4 nitrogen and oxygen atoms in total. The van der Waals surface area contributed by atoms with E-state index >= 15 is 0 Å². The van der Waals surface area contributed by atoms with E-state index in [1.807, 2.05) is 48.7 Å². The maximum Gasteiger partial charge on any atom is 0.160 e. The Morgan fingerprint density at radius 3 is 1.52 bits per heavy atom. The Labute approximate surface area is 265 Å². The number of aromatic nitrogens is 4. The SMILES string of the molecule is c1ccc(-c2cc(-c3ccccc3)nc(-c3ccc(-c4ccc5cc6c(ccc7cc8ncccc8cc76)cc5n4)cc3)n2)cc1. The van der Waals surface area contributed by atoms with E-state index in [1.165, 1.54) is 21.5 Å². The highest BCUT2D eigenvalue weighted by molar-refractivity contribution is 6.14. The third-order valence-electron chi connectivity index (χ3n) is 8.67. The van der Waals surface area contributed by atoms with E-state index in [2.05, 4.69) is 114 Å². The monoisotopic (exact) mass is 586 g/mol. The van der Waals surface area contributed by atoms with Crippen LogP contribution in [0.2, 0.25) is 0 Å². The van der Waals surface area contributed by atoms with Gasteiger partial charge in [0.2, 0.25) is 0 Å². The summed E-state index contributed by atoms with van der Waals surface area (Å²) in [4.78, 5) is 19.6. The van der Waals surface area contributed by atoms with E-state index in [1.54, 1.807) is 0 Å². The third-order valence-corrected chi connectivity index (χ3v) is 8.67. The number of hydrogen-bond acceptors (Lipinski definition) is 4. The van der Waals surface area contributed by atoms with Crippen LogP contribution in [0.5, 0.6) is 0 Å². The molecule has 46 heavy (non-hydrogen) atoms. The van der Waals surface area contributed by atoms with Crippen molar-refractivity contribution >= 4 is 43.4 Å². The lowest BCUT2D eigenvalue weighted by Gasteiger charge is -2.10. The van der Waals surface area contributed by atoms with Crippen LogP contribution in [0, 0.1) is 0 Å². The van der Waals surface area contributed by atoms with E-state index in [0.717, 1.165) is 61.1 Å². The van der Waals surface area contributed by atoms with Crippen molar-refractivity contribution in [3.05, 3.63) is 158 Å².